The van der Waals surface area contributed by atoms with Crippen molar-refractivity contribution in [3.05, 3.63) is 125 Å². The lowest BCUT2D eigenvalue weighted by atomic mass is 9.99. The number of fused-ring (bicyclic) bond motifs is 3. The standard InChI is InChI=1S/C30H23FN2O2S/c31-24-9-5-6-20(16-24)18-33-26-17-22(29(34)32-15-14-21-7-1-2-8-23(21)19-32)12-13-28(26)36-27-11-4-3-10-25(27)30(33)35/h1-13,16-17H,14-15,18-19H2. The highest BCUT2D eigenvalue weighted by molar-refractivity contribution is 7.99. The third-order valence-corrected chi connectivity index (χ3v) is 7.87. The molecular formula is C30H23FN2O2S. The summed E-state index contributed by atoms with van der Waals surface area (Å²) in [5.41, 5.74) is 4.93. The third-order valence-electron chi connectivity index (χ3n) is 6.73. The topological polar surface area (TPSA) is 40.6 Å². The Balaban J connectivity index is 1.39. The molecule has 0 bridgehead atoms. The molecular weight excluding hydrogens is 471 g/mol. The first kappa shape index (κ1) is 22.6. The molecule has 2 aliphatic heterocycles. The molecule has 0 radical (unpaired) electrons. The van der Waals surface area contributed by atoms with Gasteiger partial charge in [0.2, 0.25) is 0 Å². The molecule has 0 unspecified atom stereocenters. The van der Waals surface area contributed by atoms with Crippen LogP contribution in [0, 0.1) is 5.82 Å². The first-order valence-electron chi connectivity index (χ1n) is 11.9. The molecule has 0 saturated carbocycles. The Bertz CT molecular complexity index is 1500. The monoisotopic (exact) mass is 494 g/mol. The zero-order valence-corrected chi connectivity index (χ0v) is 20.3. The van der Waals surface area contributed by atoms with E-state index in [4.69, 9.17) is 0 Å². The maximum Gasteiger partial charge on any atom is 0.259 e. The minimum absolute atomic E-state index is 0.0581. The van der Waals surface area contributed by atoms with Crippen LogP contribution in [0.3, 0.4) is 0 Å². The summed E-state index contributed by atoms with van der Waals surface area (Å²) in [6.07, 6.45) is 0.822. The molecule has 0 N–H and O–H groups in total. The molecule has 4 nitrogen and oxygen atoms in total. The van der Waals surface area contributed by atoms with Gasteiger partial charge in [0.1, 0.15) is 5.82 Å². The van der Waals surface area contributed by atoms with Crippen molar-refractivity contribution >= 4 is 29.3 Å². The van der Waals surface area contributed by atoms with Crippen LogP contribution in [0.15, 0.2) is 101 Å². The number of amides is 2. The van der Waals surface area contributed by atoms with E-state index in [1.165, 1.54) is 35.0 Å². The summed E-state index contributed by atoms with van der Waals surface area (Å²) in [5.74, 6) is -0.575. The number of rotatable bonds is 3. The normalized spacial score (nSPS) is 14.5. The Morgan fingerprint density at radius 3 is 2.53 bits per heavy atom. The Morgan fingerprint density at radius 1 is 0.861 bits per heavy atom. The van der Waals surface area contributed by atoms with E-state index in [-0.39, 0.29) is 24.2 Å². The second-order valence-electron chi connectivity index (χ2n) is 9.05. The van der Waals surface area contributed by atoms with Crippen LogP contribution < -0.4 is 4.90 Å². The van der Waals surface area contributed by atoms with E-state index in [1.807, 2.05) is 59.5 Å². The van der Waals surface area contributed by atoms with Gasteiger partial charge in [0.05, 0.1) is 17.8 Å². The summed E-state index contributed by atoms with van der Waals surface area (Å²) in [6, 6.07) is 27.6. The van der Waals surface area contributed by atoms with Crippen LogP contribution in [-0.4, -0.2) is 23.3 Å². The number of halogens is 1. The number of hydrogen-bond donors (Lipinski definition) is 0. The predicted octanol–water partition coefficient (Wildman–Crippen LogP) is 6.34. The van der Waals surface area contributed by atoms with Crippen molar-refractivity contribution in [2.24, 2.45) is 0 Å². The SMILES string of the molecule is O=C(c1ccc2c(c1)N(Cc1cccc(F)c1)C(=O)c1ccccc1S2)N1CCc2ccccc2C1. The molecule has 178 valence electrons. The minimum Gasteiger partial charge on any atom is -0.334 e. The lowest BCUT2D eigenvalue weighted by Crippen LogP contribution is -2.36. The van der Waals surface area contributed by atoms with Gasteiger partial charge < -0.3 is 9.80 Å². The molecule has 0 aromatic heterocycles. The molecule has 0 atom stereocenters. The zero-order chi connectivity index (χ0) is 24.6. The smallest absolute Gasteiger partial charge is 0.259 e. The molecule has 0 aliphatic carbocycles. The fourth-order valence-corrected chi connectivity index (χ4v) is 5.94. The molecule has 2 heterocycles. The van der Waals surface area contributed by atoms with E-state index in [9.17, 15) is 14.0 Å². The molecule has 2 aliphatic rings. The van der Waals surface area contributed by atoms with Gasteiger partial charge in [-0.05, 0) is 65.6 Å². The summed E-state index contributed by atoms with van der Waals surface area (Å²) < 4.78 is 14.0. The van der Waals surface area contributed by atoms with Crippen molar-refractivity contribution in [2.75, 3.05) is 11.4 Å². The minimum atomic E-state index is -0.348. The van der Waals surface area contributed by atoms with Gasteiger partial charge in [0, 0.05) is 28.4 Å². The zero-order valence-electron chi connectivity index (χ0n) is 19.5. The van der Waals surface area contributed by atoms with Crippen LogP contribution in [0.5, 0.6) is 0 Å². The highest BCUT2D eigenvalue weighted by Gasteiger charge is 2.29. The van der Waals surface area contributed by atoms with Crippen molar-refractivity contribution in [1.29, 1.82) is 0 Å². The van der Waals surface area contributed by atoms with E-state index >= 15 is 0 Å². The molecule has 4 aromatic rings. The summed E-state index contributed by atoms with van der Waals surface area (Å²) in [7, 11) is 0. The Kier molecular flexibility index (Phi) is 5.82. The average molecular weight is 495 g/mol. The van der Waals surface area contributed by atoms with Gasteiger partial charge in [0.25, 0.3) is 11.8 Å². The van der Waals surface area contributed by atoms with Crippen LogP contribution in [0.4, 0.5) is 10.1 Å². The Labute approximate surface area is 213 Å². The van der Waals surface area contributed by atoms with Crippen molar-refractivity contribution in [3.8, 4) is 0 Å². The van der Waals surface area contributed by atoms with Crippen LogP contribution in [-0.2, 0) is 19.5 Å². The molecule has 6 rings (SSSR count). The van der Waals surface area contributed by atoms with Gasteiger partial charge in [-0.2, -0.15) is 0 Å². The van der Waals surface area contributed by atoms with Crippen LogP contribution in [0.2, 0.25) is 0 Å². The number of benzene rings is 4. The lowest BCUT2D eigenvalue weighted by Gasteiger charge is -2.29. The van der Waals surface area contributed by atoms with Crippen molar-refractivity contribution in [2.45, 2.75) is 29.3 Å². The number of hydrogen-bond acceptors (Lipinski definition) is 3. The van der Waals surface area contributed by atoms with E-state index in [0.29, 0.717) is 35.5 Å². The Morgan fingerprint density at radius 2 is 1.67 bits per heavy atom. The van der Waals surface area contributed by atoms with Gasteiger partial charge >= 0.3 is 0 Å². The summed E-state index contributed by atoms with van der Waals surface area (Å²) in [6.45, 7) is 1.42. The number of carbonyl (C=O) groups is 2. The van der Waals surface area contributed by atoms with Gasteiger partial charge in [-0.15, -0.1) is 0 Å². The summed E-state index contributed by atoms with van der Waals surface area (Å²) in [5, 5.41) is 0. The maximum atomic E-state index is 14.0. The van der Waals surface area contributed by atoms with E-state index in [0.717, 1.165) is 16.2 Å². The molecule has 0 spiro atoms. The predicted molar refractivity (Wildman–Crippen MR) is 139 cm³/mol. The first-order valence-corrected chi connectivity index (χ1v) is 12.7. The first-order chi connectivity index (χ1) is 17.6. The molecule has 36 heavy (non-hydrogen) atoms. The van der Waals surface area contributed by atoms with Gasteiger partial charge in [-0.25, -0.2) is 4.39 Å². The number of carbonyl (C=O) groups excluding carboxylic acids is 2. The van der Waals surface area contributed by atoms with Crippen LogP contribution in [0.1, 0.15) is 37.4 Å². The highest BCUT2D eigenvalue weighted by atomic mass is 32.2. The number of nitrogens with zero attached hydrogens (tertiary/aromatic N) is 2. The second-order valence-corrected chi connectivity index (χ2v) is 10.1. The largest absolute Gasteiger partial charge is 0.334 e. The highest BCUT2D eigenvalue weighted by Crippen LogP contribution is 2.42. The maximum absolute atomic E-state index is 14.0. The summed E-state index contributed by atoms with van der Waals surface area (Å²) >= 11 is 1.51. The van der Waals surface area contributed by atoms with Crippen molar-refractivity contribution in [3.63, 3.8) is 0 Å². The van der Waals surface area contributed by atoms with E-state index in [1.54, 1.807) is 17.0 Å². The van der Waals surface area contributed by atoms with Gasteiger partial charge in [-0.1, -0.05) is 60.3 Å². The van der Waals surface area contributed by atoms with E-state index < -0.39 is 0 Å². The van der Waals surface area contributed by atoms with Crippen molar-refractivity contribution in [1.82, 2.24) is 4.90 Å². The molecule has 0 fully saturated rings. The molecule has 2 amide bonds. The second kappa shape index (κ2) is 9.28. The van der Waals surface area contributed by atoms with Crippen molar-refractivity contribution < 1.29 is 14.0 Å². The number of anilines is 1. The lowest BCUT2D eigenvalue weighted by molar-refractivity contribution is 0.0734. The fraction of sp³-hybridized carbons (Fsp3) is 0.133. The Hall–Kier alpha value is -3.90. The van der Waals surface area contributed by atoms with Crippen LogP contribution in [0.25, 0.3) is 0 Å². The van der Waals surface area contributed by atoms with Crippen LogP contribution >= 0.6 is 11.8 Å². The molecule has 0 saturated heterocycles. The molecule has 6 heteroatoms. The fourth-order valence-electron chi connectivity index (χ4n) is 4.88. The van der Waals surface area contributed by atoms with Gasteiger partial charge in [0.15, 0.2) is 0 Å². The average Bonchev–Trinajstić information content (AvgIpc) is 3.02. The quantitative estimate of drug-likeness (QED) is 0.334. The molecule has 4 aromatic carbocycles. The van der Waals surface area contributed by atoms with Gasteiger partial charge in [-0.3, -0.25) is 9.59 Å². The third kappa shape index (κ3) is 4.18. The van der Waals surface area contributed by atoms with E-state index in [2.05, 4.69) is 12.1 Å². The summed E-state index contributed by atoms with van der Waals surface area (Å²) in [4.78, 5) is 32.5.